The van der Waals surface area contributed by atoms with E-state index < -0.39 is 17.8 Å². The van der Waals surface area contributed by atoms with Crippen molar-refractivity contribution < 1.29 is 22.7 Å². The van der Waals surface area contributed by atoms with Crippen LogP contribution in [0.15, 0.2) is 66.7 Å². The Bertz CT molecular complexity index is 1370. The van der Waals surface area contributed by atoms with E-state index in [0.29, 0.717) is 24.1 Å². The molecule has 37 heavy (non-hydrogen) atoms. The van der Waals surface area contributed by atoms with Crippen LogP contribution in [0.3, 0.4) is 0 Å². The number of benzene rings is 2. The molecule has 1 amide bonds. The van der Waals surface area contributed by atoms with E-state index in [9.17, 15) is 18.0 Å². The second-order valence-electron chi connectivity index (χ2n) is 9.31. The molecule has 0 radical (unpaired) electrons. The van der Waals surface area contributed by atoms with Crippen molar-refractivity contribution in [2.75, 3.05) is 11.9 Å². The Hall–Kier alpha value is -3.30. The van der Waals surface area contributed by atoms with Crippen LogP contribution in [0.4, 0.5) is 18.9 Å². The summed E-state index contributed by atoms with van der Waals surface area (Å²) in [6.45, 7) is 1.41. The van der Waals surface area contributed by atoms with E-state index in [-0.39, 0.29) is 5.69 Å². The molecule has 0 saturated heterocycles. The van der Waals surface area contributed by atoms with Gasteiger partial charge < -0.3 is 10.1 Å². The highest BCUT2D eigenvalue weighted by Crippen LogP contribution is 2.39. The number of amides is 1. The van der Waals surface area contributed by atoms with Crippen LogP contribution >= 0.6 is 11.3 Å². The molecule has 0 aliphatic heterocycles. The van der Waals surface area contributed by atoms with Crippen molar-refractivity contribution in [2.24, 2.45) is 5.92 Å². The largest absolute Gasteiger partial charge is 0.433 e. The third-order valence-corrected chi connectivity index (χ3v) is 7.78. The average molecular weight is 526 g/mol. The number of hydrogen-bond donors (Lipinski definition) is 1. The number of halogens is 3. The van der Waals surface area contributed by atoms with Crippen LogP contribution in [0.1, 0.15) is 58.4 Å². The standard InChI is InChI=1S/C28H26F3N3O2S/c29-28(30,31)25-8-4-7-23(33-25)26(35)32-21-13-14-22-24(15-21)37-27(34-22)20-11-9-19(10-12-20)17-36-16-18-5-2-1-3-6-18/h1-8,13-15,19-20H,9-12,16-17H2,(H,32,35). The van der Waals surface area contributed by atoms with Crippen LogP contribution in [0.5, 0.6) is 0 Å². The first-order chi connectivity index (χ1) is 17.8. The van der Waals surface area contributed by atoms with Crippen LogP contribution in [0, 0.1) is 5.92 Å². The number of nitrogens with one attached hydrogen (secondary N) is 1. The van der Waals surface area contributed by atoms with Gasteiger partial charge in [-0.3, -0.25) is 4.79 Å². The number of nitrogens with zero attached hydrogens (tertiary/aromatic N) is 2. The fourth-order valence-corrected chi connectivity index (χ4v) is 5.78. The highest BCUT2D eigenvalue weighted by atomic mass is 32.1. The average Bonchev–Trinajstić information content (AvgIpc) is 3.33. The summed E-state index contributed by atoms with van der Waals surface area (Å²) in [5, 5.41) is 3.74. The number of rotatable bonds is 7. The molecule has 1 fully saturated rings. The van der Waals surface area contributed by atoms with Gasteiger partial charge in [0.2, 0.25) is 0 Å². The third kappa shape index (κ3) is 6.34. The lowest BCUT2D eigenvalue weighted by atomic mass is 9.83. The zero-order valence-corrected chi connectivity index (χ0v) is 20.8. The van der Waals surface area contributed by atoms with Crippen molar-refractivity contribution in [1.29, 1.82) is 0 Å². The Morgan fingerprint density at radius 2 is 1.76 bits per heavy atom. The molecule has 0 atom stereocenters. The normalized spacial score (nSPS) is 18.1. The maximum Gasteiger partial charge on any atom is 0.433 e. The van der Waals surface area contributed by atoms with Gasteiger partial charge in [-0.2, -0.15) is 13.2 Å². The second kappa shape index (κ2) is 11.0. The first-order valence-corrected chi connectivity index (χ1v) is 13.0. The molecule has 0 unspecified atom stereocenters. The number of thiazole rings is 1. The summed E-state index contributed by atoms with van der Waals surface area (Å²) in [4.78, 5) is 20.8. The molecule has 0 spiro atoms. The van der Waals surface area contributed by atoms with Crippen molar-refractivity contribution in [1.82, 2.24) is 9.97 Å². The minimum absolute atomic E-state index is 0.288. The number of pyridine rings is 1. The number of carbonyl (C=O) groups excluding carboxylic acids is 1. The van der Waals surface area contributed by atoms with Crippen molar-refractivity contribution in [3.05, 3.63) is 88.7 Å². The molecule has 5 nitrogen and oxygen atoms in total. The van der Waals surface area contributed by atoms with E-state index >= 15 is 0 Å². The number of alkyl halides is 3. The zero-order valence-electron chi connectivity index (χ0n) is 20.0. The minimum atomic E-state index is -4.61. The van der Waals surface area contributed by atoms with Crippen LogP contribution < -0.4 is 5.32 Å². The first kappa shape index (κ1) is 25.4. The van der Waals surface area contributed by atoms with E-state index in [1.807, 2.05) is 30.3 Å². The number of aromatic nitrogens is 2. The van der Waals surface area contributed by atoms with Gasteiger partial charge in [0.1, 0.15) is 11.4 Å². The van der Waals surface area contributed by atoms with Crippen molar-refractivity contribution >= 4 is 33.1 Å². The highest BCUT2D eigenvalue weighted by molar-refractivity contribution is 7.18. The fourth-order valence-electron chi connectivity index (χ4n) is 4.60. The van der Waals surface area contributed by atoms with Gasteiger partial charge in [-0.25, -0.2) is 9.97 Å². The lowest BCUT2D eigenvalue weighted by molar-refractivity contribution is -0.141. The van der Waals surface area contributed by atoms with Gasteiger partial charge in [0, 0.05) is 18.2 Å². The number of hydrogen-bond acceptors (Lipinski definition) is 5. The molecule has 2 aromatic heterocycles. The lowest BCUT2D eigenvalue weighted by Crippen LogP contribution is -2.17. The van der Waals surface area contributed by atoms with Gasteiger partial charge in [-0.05, 0) is 67.5 Å². The smallest absolute Gasteiger partial charge is 0.376 e. The monoisotopic (exact) mass is 525 g/mol. The molecule has 1 aliphatic carbocycles. The number of carbonyl (C=O) groups is 1. The first-order valence-electron chi connectivity index (χ1n) is 12.2. The molecule has 1 saturated carbocycles. The summed E-state index contributed by atoms with van der Waals surface area (Å²) in [7, 11) is 0. The third-order valence-electron chi connectivity index (χ3n) is 6.60. The Morgan fingerprint density at radius 3 is 2.51 bits per heavy atom. The van der Waals surface area contributed by atoms with Crippen molar-refractivity contribution in [3.63, 3.8) is 0 Å². The van der Waals surface area contributed by atoms with Crippen molar-refractivity contribution in [2.45, 2.75) is 44.4 Å². The van der Waals surface area contributed by atoms with Gasteiger partial charge in [0.05, 0.1) is 21.8 Å². The maximum absolute atomic E-state index is 12.9. The Labute approximate surface area is 216 Å². The molecule has 2 heterocycles. The molecular weight excluding hydrogens is 499 g/mol. The van der Waals surface area contributed by atoms with Gasteiger partial charge in [0.25, 0.3) is 5.91 Å². The molecule has 1 aliphatic rings. The summed E-state index contributed by atoms with van der Waals surface area (Å²) in [6.07, 6.45) is -0.294. The molecule has 5 rings (SSSR count). The zero-order chi connectivity index (χ0) is 25.8. The van der Waals surface area contributed by atoms with Crippen LogP contribution in [-0.2, 0) is 17.5 Å². The minimum Gasteiger partial charge on any atom is -0.376 e. The molecule has 0 bridgehead atoms. The van der Waals surface area contributed by atoms with Crippen molar-refractivity contribution in [3.8, 4) is 0 Å². The number of anilines is 1. The Morgan fingerprint density at radius 1 is 0.973 bits per heavy atom. The van der Waals surface area contributed by atoms with E-state index in [0.717, 1.165) is 53.6 Å². The quantitative estimate of drug-likeness (QED) is 0.272. The molecule has 192 valence electrons. The summed E-state index contributed by atoms with van der Waals surface area (Å²) >= 11 is 1.60. The van der Waals surface area contributed by atoms with Gasteiger partial charge in [-0.1, -0.05) is 36.4 Å². The predicted octanol–water partition coefficient (Wildman–Crippen LogP) is 7.45. The fraction of sp³-hybridized carbons (Fsp3) is 0.321. The van der Waals surface area contributed by atoms with E-state index in [1.54, 1.807) is 17.4 Å². The van der Waals surface area contributed by atoms with Crippen LogP contribution in [-0.4, -0.2) is 22.5 Å². The highest BCUT2D eigenvalue weighted by Gasteiger charge is 2.33. The SMILES string of the molecule is O=C(Nc1ccc2nc(C3CCC(COCc4ccccc4)CC3)sc2c1)c1cccc(C(F)(F)F)n1. The van der Waals surface area contributed by atoms with Gasteiger partial charge in [0.15, 0.2) is 0 Å². The summed E-state index contributed by atoms with van der Waals surface area (Å²) in [5.41, 5.74) is 1.15. The van der Waals surface area contributed by atoms with E-state index in [2.05, 4.69) is 22.4 Å². The number of fused-ring (bicyclic) bond motifs is 1. The van der Waals surface area contributed by atoms with Crippen LogP contribution in [0.25, 0.3) is 10.2 Å². The van der Waals surface area contributed by atoms with Crippen LogP contribution in [0.2, 0.25) is 0 Å². The number of ether oxygens (including phenoxy) is 1. The molecule has 2 aromatic carbocycles. The maximum atomic E-state index is 12.9. The van der Waals surface area contributed by atoms with Gasteiger partial charge >= 0.3 is 6.18 Å². The lowest BCUT2D eigenvalue weighted by Gasteiger charge is -2.27. The van der Waals surface area contributed by atoms with E-state index in [4.69, 9.17) is 9.72 Å². The predicted molar refractivity (Wildman–Crippen MR) is 138 cm³/mol. The summed E-state index contributed by atoms with van der Waals surface area (Å²) < 4.78 is 45.6. The topological polar surface area (TPSA) is 64.1 Å². The second-order valence-corrected chi connectivity index (χ2v) is 10.4. The Balaban J connectivity index is 1.17. The summed E-state index contributed by atoms with van der Waals surface area (Å²) in [5.74, 6) is 0.263. The van der Waals surface area contributed by atoms with E-state index in [1.165, 1.54) is 17.7 Å². The summed E-state index contributed by atoms with van der Waals surface area (Å²) in [6, 6.07) is 18.8. The molecule has 9 heteroatoms. The Kier molecular flexibility index (Phi) is 7.53. The molecule has 4 aromatic rings. The molecule has 1 N–H and O–H groups in total. The molecular formula is C28H26F3N3O2S. The van der Waals surface area contributed by atoms with Gasteiger partial charge in [-0.15, -0.1) is 11.3 Å².